The van der Waals surface area contributed by atoms with Gasteiger partial charge in [0.1, 0.15) is 0 Å². The average Bonchev–Trinajstić information content (AvgIpc) is 2.29. The third-order valence-corrected chi connectivity index (χ3v) is 2.32. The van der Waals surface area contributed by atoms with Crippen molar-refractivity contribution in [3.05, 3.63) is 29.8 Å². The van der Waals surface area contributed by atoms with Gasteiger partial charge in [0, 0.05) is 12.2 Å². The standard InChI is InChI=1S/C13H20N2O/c1-3-5-11-6-8-12(9-7-11)15-10-13(16)14-4-2/h6-9,15H,3-5,10H2,1-2H3,(H,14,16). The summed E-state index contributed by atoms with van der Waals surface area (Å²) in [6.45, 7) is 5.09. The Morgan fingerprint density at radius 1 is 1.19 bits per heavy atom. The zero-order valence-electron chi connectivity index (χ0n) is 10.0. The molecule has 0 unspecified atom stereocenters. The van der Waals surface area contributed by atoms with Crippen LogP contribution in [-0.4, -0.2) is 19.0 Å². The van der Waals surface area contributed by atoms with Crippen LogP contribution < -0.4 is 10.6 Å². The first-order valence-corrected chi connectivity index (χ1v) is 5.85. The van der Waals surface area contributed by atoms with Crippen molar-refractivity contribution in [3.8, 4) is 0 Å². The van der Waals surface area contributed by atoms with Crippen LogP contribution in [0.1, 0.15) is 25.8 Å². The molecule has 1 rings (SSSR count). The third-order valence-electron chi connectivity index (χ3n) is 2.32. The Labute approximate surface area is 97.2 Å². The lowest BCUT2D eigenvalue weighted by Gasteiger charge is -2.07. The average molecular weight is 220 g/mol. The quantitative estimate of drug-likeness (QED) is 0.771. The fourth-order valence-electron chi connectivity index (χ4n) is 1.52. The van der Waals surface area contributed by atoms with E-state index < -0.39 is 0 Å². The molecule has 0 aromatic heterocycles. The summed E-state index contributed by atoms with van der Waals surface area (Å²) in [4.78, 5) is 11.2. The summed E-state index contributed by atoms with van der Waals surface area (Å²) in [6, 6.07) is 8.24. The number of aryl methyl sites for hydroxylation is 1. The van der Waals surface area contributed by atoms with Crippen LogP contribution in [0.3, 0.4) is 0 Å². The largest absolute Gasteiger partial charge is 0.376 e. The second-order valence-electron chi connectivity index (χ2n) is 3.75. The van der Waals surface area contributed by atoms with Gasteiger partial charge in [-0.3, -0.25) is 4.79 Å². The molecule has 0 aliphatic carbocycles. The molecule has 88 valence electrons. The minimum absolute atomic E-state index is 0.0279. The van der Waals surface area contributed by atoms with Crippen LogP contribution in [0.4, 0.5) is 5.69 Å². The zero-order chi connectivity index (χ0) is 11.8. The second kappa shape index (κ2) is 6.88. The maximum atomic E-state index is 11.2. The minimum Gasteiger partial charge on any atom is -0.376 e. The molecule has 0 saturated heterocycles. The molecule has 0 radical (unpaired) electrons. The molecule has 0 saturated carbocycles. The van der Waals surface area contributed by atoms with Gasteiger partial charge in [-0.1, -0.05) is 25.5 Å². The number of likely N-dealkylation sites (N-methyl/N-ethyl adjacent to an activating group) is 1. The Bertz CT molecular complexity index is 319. The number of carbonyl (C=O) groups excluding carboxylic acids is 1. The Hall–Kier alpha value is -1.51. The van der Waals surface area contributed by atoms with Gasteiger partial charge in [0.25, 0.3) is 0 Å². The van der Waals surface area contributed by atoms with E-state index in [0.717, 1.165) is 18.5 Å². The van der Waals surface area contributed by atoms with Crippen LogP contribution in [0.2, 0.25) is 0 Å². The summed E-state index contributed by atoms with van der Waals surface area (Å²) in [7, 11) is 0. The molecule has 1 amide bonds. The fraction of sp³-hybridized carbons (Fsp3) is 0.462. The molecule has 1 aromatic rings. The van der Waals surface area contributed by atoms with Crippen LogP contribution in [0.25, 0.3) is 0 Å². The van der Waals surface area contributed by atoms with Crippen molar-refractivity contribution in [2.45, 2.75) is 26.7 Å². The van der Waals surface area contributed by atoms with Gasteiger partial charge < -0.3 is 10.6 Å². The van der Waals surface area contributed by atoms with Gasteiger partial charge in [-0.25, -0.2) is 0 Å². The summed E-state index contributed by atoms with van der Waals surface area (Å²) in [5.74, 6) is 0.0279. The van der Waals surface area contributed by atoms with Crippen molar-refractivity contribution in [3.63, 3.8) is 0 Å². The first-order chi connectivity index (χ1) is 7.76. The molecule has 0 heterocycles. The Morgan fingerprint density at radius 2 is 1.88 bits per heavy atom. The monoisotopic (exact) mass is 220 g/mol. The summed E-state index contributed by atoms with van der Waals surface area (Å²) < 4.78 is 0. The van der Waals surface area contributed by atoms with Crippen molar-refractivity contribution in [2.24, 2.45) is 0 Å². The van der Waals surface area contributed by atoms with Crippen LogP contribution in [-0.2, 0) is 11.2 Å². The Kier molecular flexibility index (Phi) is 5.40. The molecule has 16 heavy (non-hydrogen) atoms. The number of carbonyl (C=O) groups is 1. The predicted octanol–water partition coefficient (Wildman–Crippen LogP) is 2.19. The molecular formula is C13H20N2O. The zero-order valence-corrected chi connectivity index (χ0v) is 10.0. The number of hydrogen-bond acceptors (Lipinski definition) is 2. The molecule has 1 aromatic carbocycles. The molecule has 0 fully saturated rings. The van der Waals surface area contributed by atoms with Crippen molar-refractivity contribution >= 4 is 11.6 Å². The van der Waals surface area contributed by atoms with Crippen molar-refractivity contribution in [1.82, 2.24) is 5.32 Å². The molecule has 0 atom stereocenters. The molecule has 2 N–H and O–H groups in total. The highest BCUT2D eigenvalue weighted by Gasteiger charge is 1.98. The van der Waals surface area contributed by atoms with Crippen molar-refractivity contribution < 1.29 is 4.79 Å². The lowest BCUT2D eigenvalue weighted by Crippen LogP contribution is -2.29. The highest BCUT2D eigenvalue weighted by molar-refractivity contribution is 5.80. The molecule has 3 heteroatoms. The molecule has 0 aliphatic rings. The minimum atomic E-state index is 0.0279. The van der Waals surface area contributed by atoms with E-state index in [4.69, 9.17) is 0 Å². The highest BCUT2D eigenvalue weighted by Crippen LogP contribution is 2.10. The van der Waals surface area contributed by atoms with Crippen LogP contribution in [0.5, 0.6) is 0 Å². The van der Waals surface area contributed by atoms with Crippen LogP contribution in [0, 0.1) is 0 Å². The number of hydrogen-bond donors (Lipinski definition) is 2. The van der Waals surface area contributed by atoms with Gasteiger partial charge in [-0.05, 0) is 31.0 Å². The smallest absolute Gasteiger partial charge is 0.239 e. The summed E-state index contributed by atoms with van der Waals surface area (Å²) in [6.07, 6.45) is 2.27. The van der Waals surface area contributed by atoms with Gasteiger partial charge in [0.05, 0.1) is 6.54 Å². The first-order valence-electron chi connectivity index (χ1n) is 5.85. The predicted molar refractivity (Wildman–Crippen MR) is 67.6 cm³/mol. The molecule has 0 spiro atoms. The van der Waals surface area contributed by atoms with Gasteiger partial charge >= 0.3 is 0 Å². The summed E-state index contributed by atoms with van der Waals surface area (Å²) >= 11 is 0. The number of rotatable bonds is 6. The van der Waals surface area contributed by atoms with E-state index in [2.05, 4.69) is 29.7 Å². The van der Waals surface area contributed by atoms with E-state index in [1.165, 1.54) is 5.56 Å². The molecule has 0 bridgehead atoms. The van der Waals surface area contributed by atoms with E-state index in [1.807, 2.05) is 19.1 Å². The number of anilines is 1. The van der Waals surface area contributed by atoms with E-state index in [1.54, 1.807) is 0 Å². The molecule has 0 aliphatic heterocycles. The van der Waals surface area contributed by atoms with Crippen LogP contribution >= 0.6 is 0 Å². The Morgan fingerprint density at radius 3 is 2.44 bits per heavy atom. The molecular weight excluding hydrogens is 200 g/mol. The lowest BCUT2D eigenvalue weighted by molar-refractivity contribution is -0.119. The maximum Gasteiger partial charge on any atom is 0.239 e. The van der Waals surface area contributed by atoms with E-state index in [0.29, 0.717) is 13.1 Å². The number of benzene rings is 1. The van der Waals surface area contributed by atoms with Crippen molar-refractivity contribution in [1.29, 1.82) is 0 Å². The number of nitrogens with one attached hydrogen (secondary N) is 2. The van der Waals surface area contributed by atoms with Gasteiger partial charge in [0.2, 0.25) is 5.91 Å². The van der Waals surface area contributed by atoms with E-state index >= 15 is 0 Å². The van der Waals surface area contributed by atoms with E-state index in [-0.39, 0.29) is 5.91 Å². The van der Waals surface area contributed by atoms with Crippen molar-refractivity contribution in [2.75, 3.05) is 18.4 Å². The van der Waals surface area contributed by atoms with E-state index in [9.17, 15) is 4.79 Å². The summed E-state index contributed by atoms with van der Waals surface area (Å²) in [5, 5.41) is 5.83. The highest BCUT2D eigenvalue weighted by atomic mass is 16.1. The normalized spacial score (nSPS) is 9.88. The summed E-state index contributed by atoms with van der Waals surface area (Å²) in [5.41, 5.74) is 2.33. The van der Waals surface area contributed by atoms with Gasteiger partial charge in [0.15, 0.2) is 0 Å². The van der Waals surface area contributed by atoms with Gasteiger partial charge in [-0.2, -0.15) is 0 Å². The lowest BCUT2D eigenvalue weighted by atomic mass is 10.1. The SMILES string of the molecule is CCCc1ccc(NCC(=O)NCC)cc1. The third kappa shape index (κ3) is 4.34. The fourth-order valence-corrected chi connectivity index (χ4v) is 1.52. The van der Waals surface area contributed by atoms with Gasteiger partial charge in [-0.15, -0.1) is 0 Å². The maximum absolute atomic E-state index is 11.2. The topological polar surface area (TPSA) is 41.1 Å². The second-order valence-corrected chi connectivity index (χ2v) is 3.75. The Balaban J connectivity index is 2.40. The first kappa shape index (κ1) is 12.6. The number of amides is 1. The van der Waals surface area contributed by atoms with Crippen LogP contribution in [0.15, 0.2) is 24.3 Å². The molecule has 3 nitrogen and oxygen atoms in total.